The smallest absolute Gasteiger partial charge is 0.230 e. The lowest BCUT2D eigenvalue weighted by molar-refractivity contribution is -0.186. The first kappa shape index (κ1) is 28.4. The Kier molecular flexibility index (Phi) is 10.4. The zero-order valence-corrected chi connectivity index (χ0v) is 23.7. The Morgan fingerprint density at radius 1 is 1.16 bits per heavy atom. The minimum atomic E-state index is -0.766. The molecule has 1 N–H and O–H groups in total. The highest BCUT2D eigenvalue weighted by Gasteiger charge is 2.35. The van der Waals surface area contributed by atoms with E-state index >= 15 is 0 Å². The first-order chi connectivity index (χ1) is 17.9. The number of ether oxygens (including phenoxy) is 2. The Morgan fingerprint density at radius 3 is 2.62 bits per heavy atom. The molecule has 5 nitrogen and oxygen atoms in total. The standard InChI is InChI=1S/C30H40ClNO4S/c1-20(29(33)22-9-5-4-6-10-22)32(2)30(34)25(23-13-15-27(37-3)26(31)19-23)18-21-12-14-24(17-21)36-28-11-7-8-16-35-28/h4-6,9-10,13,15,19-21,24-25,28-29,33H,7-8,11-12,14,16-18H2,1-3H3/t20-,21?,24?,25?,28?,29+/m1/s1. The van der Waals surface area contributed by atoms with Crippen LogP contribution in [0.5, 0.6) is 0 Å². The van der Waals surface area contributed by atoms with Gasteiger partial charge in [0.1, 0.15) is 0 Å². The number of hydrogen-bond donors (Lipinski definition) is 1. The van der Waals surface area contributed by atoms with Crippen LogP contribution in [0, 0.1) is 5.92 Å². The van der Waals surface area contributed by atoms with Crippen molar-refractivity contribution in [2.45, 2.75) is 87.2 Å². The molecule has 1 aliphatic heterocycles. The van der Waals surface area contributed by atoms with Gasteiger partial charge in [0.2, 0.25) is 5.91 Å². The van der Waals surface area contributed by atoms with Gasteiger partial charge in [-0.15, -0.1) is 11.8 Å². The summed E-state index contributed by atoms with van der Waals surface area (Å²) in [6.07, 6.45) is 8.27. The summed E-state index contributed by atoms with van der Waals surface area (Å²) in [4.78, 5) is 16.7. The number of aliphatic hydroxyl groups excluding tert-OH is 1. The number of likely N-dealkylation sites (N-methyl/N-ethyl adjacent to an activating group) is 1. The summed E-state index contributed by atoms with van der Waals surface area (Å²) in [5.41, 5.74) is 1.74. The minimum Gasteiger partial charge on any atom is -0.386 e. The van der Waals surface area contributed by atoms with E-state index in [9.17, 15) is 9.90 Å². The van der Waals surface area contributed by atoms with Crippen molar-refractivity contribution in [2.75, 3.05) is 19.9 Å². The molecular formula is C30H40ClNO4S. The molecule has 7 heteroatoms. The quantitative estimate of drug-likeness (QED) is 0.332. The van der Waals surface area contributed by atoms with Gasteiger partial charge in [-0.3, -0.25) is 4.79 Å². The maximum atomic E-state index is 14.0. The maximum absolute atomic E-state index is 14.0. The van der Waals surface area contributed by atoms with Crippen LogP contribution in [0.15, 0.2) is 53.4 Å². The monoisotopic (exact) mass is 545 g/mol. The lowest BCUT2D eigenvalue weighted by Gasteiger charge is -2.33. The van der Waals surface area contributed by atoms with Crippen LogP contribution in [-0.2, 0) is 14.3 Å². The first-order valence-corrected chi connectivity index (χ1v) is 15.1. The second kappa shape index (κ2) is 13.5. The van der Waals surface area contributed by atoms with Gasteiger partial charge in [0.15, 0.2) is 6.29 Å². The normalized spacial score (nSPS) is 24.4. The number of halogens is 1. The number of rotatable bonds is 10. The molecule has 4 rings (SSSR count). The minimum absolute atomic E-state index is 0.00966. The Hall–Kier alpha value is -1.57. The van der Waals surface area contributed by atoms with Crippen molar-refractivity contribution >= 4 is 29.3 Å². The predicted octanol–water partition coefficient (Wildman–Crippen LogP) is 6.83. The average molecular weight is 546 g/mol. The van der Waals surface area contributed by atoms with Gasteiger partial charge >= 0.3 is 0 Å². The molecule has 1 saturated heterocycles. The highest BCUT2D eigenvalue weighted by molar-refractivity contribution is 7.98. The zero-order chi connectivity index (χ0) is 26.4. The van der Waals surface area contributed by atoms with Crippen molar-refractivity contribution in [3.8, 4) is 0 Å². The van der Waals surface area contributed by atoms with E-state index in [0.29, 0.717) is 10.9 Å². The van der Waals surface area contributed by atoms with E-state index in [0.717, 1.165) is 67.6 Å². The number of carbonyl (C=O) groups is 1. The molecule has 202 valence electrons. The highest BCUT2D eigenvalue weighted by Crippen LogP contribution is 2.39. The molecule has 0 spiro atoms. The van der Waals surface area contributed by atoms with E-state index in [1.165, 1.54) is 0 Å². The van der Waals surface area contributed by atoms with Crippen molar-refractivity contribution < 1.29 is 19.4 Å². The van der Waals surface area contributed by atoms with E-state index in [4.69, 9.17) is 21.1 Å². The van der Waals surface area contributed by atoms with Gasteiger partial charge in [0.05, 0.1) is 29.2 Å². The molecule has 0 radical (unpaired) electrons. The van der Waals surface area contributed by atoms with Gasteiger partial charge in [0, 0.05) is 18.6 Å². The number of thioether (sulfide) groups is 1. The lowest BCUT2D eigenvalue weighted by atomic mass is 9.86. The molecule has 4 unspecified atom stereocenters. The van der Waals surface area contributed by atoms with Crippen LogP contribution in [0.25, 0.3) is 0 Å². The second-order valence-electron chi connectivity index (χ2n) is 10.5. The fraction of sp³-hybridized carbons (Fsp3) is 0.567. The molecule has 2 aromatic rings. The number of benzene rings is 2. The van der Waals surface area contributed by atoms with Crippen LogP contribution in [0.4, 0.5) is 0 Å². The number of carbonyl (C=O) groups excluding carboxylic acids is 1. The molecule has 37 heavy (non-hydrogen) atoms. The fourth-order valence-electron chi connectivity index (χ4n) is 5.60. The van der Waals surface area contributed by atoms with Crippen molar-refractivity contribution in [3.63, 3.8) is 0 Å². The van der Waals surface area contributed by atoms with Crippen LogP contribution >= 0.6 is 23.4 Å². The molecule has 1 amide bonds. The molecule has 2 fully saturated rings. The van der Waals surface area contributed by atoms with Gasteiger partial charge in [0.25, 0.3) is 0 Å². The lowest BCUT2D eigenvalue weighted by Crippen LogP contribution is -2.42. The molecule has 1 heterocycles. The van der Waals surface area contributed by atoms with E-state index in [1.54, 1.807) is 23.7 Å². The van der Waals surface area contributed by atoms with Crippen LogP contribution in [0.2, 0.25) is 5.02 Å². The van der Waals surface area contributed by atoms with E-state index in [1.807, 2.05) is 61.7 Å². The van der Waals surface area contributed by atoms with Crippen LogP contribution < -0.4 is 0 Å². The maximum Gasteiger partial charge on any atom is 0.230 e. The molecule has 6 atom stereocenters. The van der Waals surface area contributed by atoms with Crippen molar-refractivity contribution in [3.05, 3.63) is 64.7 Å². The zero-order valence-electron chi connectivity index (χ0n) is 22.1. The summed E-state index contributed by atoms with van der Waals surface area (Å²) >= 11 is 8.18. The molecule has 0 bridgehead atoms. The SMILES string of the molecule is CSc1ccc(C(CC2CCC(OC3CCCCO3)C2)C(=O)N(C)[C@H](C)[C@H](O)c2ccccc2)cc1Cl. The van der Waals surface area contributed by atoms with Crippen LogP contribution in [-0.4, -0.2) is 54.3 Å². The van der Waals surface area contributed by atoms with Gasteiger partial charge < -0.3 is 19.5 Å². The van der Waals surface area contributed by atoms with Crippen molar-refractivity contribution in [1.29, 1.82) is 0 Å². The molecule has 1 aliphatic carbocycles. The van der Waals surface area contributed by atoms with E-state index in [2.05, 4.69) is 0 Å². The number of hydrogen-bond acceptors (Lipinski definition) is 5. The molecular weight excluding hydrogens is 506 g/mol. The molecule has 2 aromatic carbocycles. The summed E-state index contributed by atoms with van der Waals surface area (Å²) in [7, 11) is 1.80. The summed E-state index contributed by atoms with van der Waals surface area (Å²) in [5, 5.41) is 11.7. The van der Waals surface area contributed by atoms with E-state index in [-0.39, 0.29) is 30.3 Å². The summed E-state index contributed by atoms with van der Waals surface area (Å²) in [5.74, 6) is 0.0539. The largest absolute Gasteiger partial charge is 0.386 e. The third-order valence-corrected chi connectivity index (χ3v) is 9.20. The summed E-state index contributed by atoms with van der Waals surface area (Å²) in [6.45, 7) is 2.68. The number of aliphatic hydroxyl groups is 1. The summed E-state index contributed by atoms with van der Waals surface area (Å²) < 4.78 is 12.1. The van der Waals surface area contributed by atoms with E-state index < -0.39 is 6.10 Å². The number of nitrogens with zero attached hydrogens (tertiary/aromatic N) is 1. The van der Waals surface area contributed by atoms with Crippen LogP contribution in [0.1, 0.15) is 75.0 Å². The van der Waals surface area contributed by atoms with Crippen LogP contribution in [0.3, 0.4) is 0 Å². The predicted molar refractivity (Wildman–Crippen MR) is 150 cm³/mol. The Balaban J connectivity index is 1.49. The fourth-order valence-corrected chi connectivity index (χ4v) is 6.48. The third kappa shape index (κ3) is 7.30. The Morgan fingerprint density at radius 2 is 1.95 bits per heavy atom. The third-order valence-electron chi connectivity index (χ3n) is 7.98. The van der Waals surface area contributed by atoms with Crippen molar-refractivity contribution in [2.24, 2.45) is 5.92 Å². The molecule has 2 aliphatic rings. The van der Waals surface area contributed by atoms with Gasteiger partial charge in [-0.2, -0.15) is 0 Å². The highest BCUT2D eigenvalue weighted by atomic mass is 35.5. The first-order valence-electron chi connectivity index (χ1n) is 13.5. The van der Waals surface area contributed by atoms with Gasteiger partial charge in [-0.1, -0.05) is 48.0 Å². The van der Waals surface area contributed by atoms with Gasteiger partial charge in [-0.25, -0.2) is 0 Å². The molecule has 0 aromatic heterocycles. The Labute approximate surface area is 230 Å². The Bertz CT molecular complexity index is 1020. The number of amides is 1. The molecule has 1 saturated carbocycles. The van der Waals surface area contributed by atoms with Gasteiger partial charge in [-0.05, 0) is 87.3 Å². The summed E-state index contributed by atoms with van der Waals surface area (Å²) in [6, 6.07) is 15.1. The topological polar surface area (TPSA) is 59.0 Å². The van der Waals surface area contributed by atoms with Crippen molar-refractivity contribution in [1.82, 2.24) is 4.90 Å². The second-order valence-corrected chi connectivity index (χ2v) is 11.7. The average Bonchev–Trinajstić information content (AvgIpc) is 3.37.